The van der Waals surface area contributed by atoms with Crippen LogP contribution in [-0.2, 0) is 4.74 Å². The molecule has 0 atom stereocenters. The predicted molar refractivity (Wildman–Crippen MR) is 144 cm³/mol. The van der Waals surface area contributed by atoms with E-state index in [0.29, 0.717) is 11.8 Å². The van der Waals surface area contributed by atoms with Crippen LogP contribution >= 0.6 is 0 Å². The second-order valence-corrected chi connectivity index (χ2v) is 13.4. The minimum absolute atomic E-state index is 0.227. The average molecular weight is 461 g/mol. The molecule has 33 heavy (non-hydrogen) atoms. The molecule has 2 aliphatic rings. The van der Waals surface area contributed by atoms with Crippen molar-refractivity contribution in [3.05, 3.63) is 24.7 Å². The van der Waals surface area contributed by atoms with Crippen molar-refractivity contribution >= 4 is 0 Å². The summed E-state index contributed by atoms with van der Waals surface area (Å²) in [6.07, 6.45) is 18.4. The van der Waals surface area contributed by atoms with Crippen LogP contribution in [0.5, 0.6) is 0 Å². The van der Waals surface area contributed by atoms with E-state index >= 15 is 0 Å². The Bertz CT molecular complexity index is 566. The Hall–Kier alpha value is -0.800. The lowest BCUT2D eigenvalue weighted by molar-refractivity contribution is -0.0430. The zero-order chi connectivity index (χ0) is 24.9. The van der Waals surface area contributed by atoms with Crippen molar-refractivity contribution in [2.45, 2.75) is 143 Å². The average Bonchev–Trinajstić information content (AvgIpc) is 2.64. The summed E-state index contributed by atoms with van der Waals surface area (Å²) in [6.45, 7) is 26.3. The predicted octanol–water partition coefficient (Wildman–Crippen LogP) is 8.17. The van der Waals surface area contributed by atoms with Crippen LogP contribution in [0.25, 0.3) is 0 Å². The van der Waals surface area contributed by atoms with E-state index in [1.54, 1.807) is 0 Å². The molecule has 0 aromatic carbocycles. The number of likely N-dealkylation sites (tertiary alicyclic amines) is 2. The molecule has 0 amide bonds. The Morgan fingerprint density at radius 3 is 1.18 bits per heavy atom. The fraction of sp³-hybridized carbons (Fsp3) is 0.867. The van der Waals surface area contributed by atoms with Crippen molar-refractivity contribution < 1.29 is 4.74 Å². The van der Waals surface area contributed by atoms with Crippen molar-refractivity contribution in [2.24, 2.45) is 11.8 Å². The molecular formula is C30H56N2O. The normalized spacial score (nSPS) is 26.4. The topological polar surface area (TPSA) is 15.7 Å². The van der Waals surface area contributed by atoms with Crippen LogP contribution in [0, 0.1) is 11.8 Å². The summed E-state index contributed by atoms with van der Waals surface area (Å²) in [7, 11) is 0. The maximum absolute atomic E-state index is 5.91. The van der Waals surface area contributed by atoms with E-state index in [-0.39, 0.29) is 22.2 Å². The van der Waals surface area contributed by atoms with Gasteiger partial charge in [0.2, 0.25) is 0 Å². The van der Waals surface area contributed by atoms with Crippen LogP contribution in [0.4, 0.5) is 0 Å². The molecule has 0 aromatic heterocycles. The van der Waals surface area contributed by atoms with Crippen LogP contribution in [0.3, 0.4) is 0 Å². The van der Waals surface area contributed by atoms with Gasteiger partial charge in [0, 0.05) is 22.2 Å². The van der Waals surface area contributed by atoms with Crippen LogP contribution in [-0.4, -0.2) is 45.0 Å². The van der Waals surface area contributed by atoms with Crippen LogP contribution < -0.4 is 0 Å². The number of hydrogen-bond donors (Lipinski definition) is 0. The first-order valence-corrected chi connectivity index (χ1v) is 13.8. The number of hydrogen-bond acceptors (Lipinski definition) is 3. The summed E-state index contributed by atoms with van der Waals surface area (Å²) in [6, 6.07) is 0. The molecule has 3 nitrogen and oxygen atoms in total. The first-order chi connectivity index (χ1) is 15.2. The molecule has 0 aliphatic carbocycles. The van der Waals surface area contributed by atoms with Gasteiger partial charge in [-0.2, -0.15) is 0 Å². The quantitative estimate of drug-likeness (QED) is 0.306. The Morgan fingerprint density at radius 2 is 0.909 bits per heavy atom. The van der Waals surface area contributed by atoms with Crippen molar-refractivity contribution in [3.63, 3.8) is 0 Å². The standard InChI is InChI=1S/C30H56N2O/c1-11-13-17-31-27(3,4)21-25(22-28(31,5)6)15-19-33-20-16-26-23-29(7,8)32(18-14-12-2)30(9,10)24-26/h15-16,19-20,25-26H,11-14,17-18,21-24H2,1-10H3. The molecule has 2 aliphatic heterocycles. The Morgan fingerprint density at radius 1 is 0.606 bits per heavy atom. The summed E-state index contributed by atoms with van der Waals surface area (Å²) >= 11 is 0. The van der Waals surface area contributed by atoms with E-state index in [2.05, 4.69) is 91.2 Å². The zero-order valence-corrected chi connectivity index (χ0v) is 23.8. The first kappa shape index (κ1) is 28.4. The molecular weight excluding hydrogens is 404 g/mol. The van der Waals surface area contributed by atoms with E-state index in [1.165, 1.54) is 64.5 Å². The van der Waals surface area contributed by atoms with Gasteiger partial charge in [-0.15, -0.1) is 0 Å². The van der Waals surface area contributed by atoms with Gasteiger partial charge < -0.3 is 4.74 Å². The van der Waals surface area contributed by atoms with Crippen molar-refractivity contribution in [1.29, 1.82) is 0 Å². The molecule has 0 spiro atoms. The van der Waals surface area contributed by atoms with Gasteiger partial charge in [0.1, 0.15) is 0 Å². The zero-order valence-electron chi connectivity index (χ0n) is 23.8. The van der Waals surface area contributed by atoms with Crippen molar-refractivity contribution in [2.75, 3.05) is 13.1 Å². The second kappa shape index (κ2) is 11.3. The third-order valence-electron chi connectivity index (χ3n) is 8.30. The molecule has 192 valence electrons. The fourth-order valence-corrected chi connectivity index (χ4v) is 7.26. The fourth-order valence-electron chi connectivity index (χ4n) is 7.26. The minimum Gasteiger partial charge on any atom is -0.473 e. The van der Waals surface area contributed by atoms with E-state index in [9.17, 15) is 0 Å². The number of allylic oxidation sites excluding steroid dienone is 2. The smallest absolute Gasteiger partial charge is 0.0864 e. The minimum atomic E-state index is 0.227. The van der Waals surface area contributed by atoms with Crippen LogP contribution in [0.15, 0.2) is 24.7 Å². The van der Waals surface area contributed by atoms with Gasteiger partial charge in [0.25, 0.3) is 0 Å². The molecule has 2 rings (SSSR count). The molecule has 0 unspecified atom stereocenters. The monoisotopic (exact) mass is 460 g/mol. The molecule has 0 bridgehead atoms. The third kappa shape index (κ3) is 7.59. The Labute approximate surface area is 207 Å². The van der Waals surface area contributed by atoms with Gasteiger partial charge in [-0.1, -0.05) is 26.7 Å². The molecule has 0 N–H and O–H groups in total. The third-order valence-corrected chi connectivity index (χ3v) is 8.30. The molecule has 3 heteroatoms. The highest BCUT2D eigenvalue weighted by molar-refractivity contribution is 5.06. The van der Waals surface area contributed by atoms with Gasteiger partial charge in [0.05, 0.1) is 12.5 Å². The number of rotatable bonds is 10. The summed E-state index contributed by atoms with van der Waals surface area (Å²) in [5.74, 6) is 1.14. The van der Waals surface area contributed by atoms with E-state index < -0.39 is 0 Å². The van der Waals surface area contributed by atoms with Gasteiger partial charge in [-0.25, -0.2) is 0 Å². The van der Waals surface area contributed by atoms with Crippen molar-refractivity contribution in [1.82, 2.24) is 9.80 Å². The molecule has 2 saturated heterocycles. The van der Waals surface area contributed by atoms with Crippen LogP contribution in [0.2, 0.25) is 0 Å². The summed E-state index contributed by atoms with van der Waals surface area (Å²) in [4.78, 5) is 5.48. The molecule has 2 heterocycles. The van der Waals surface area contributed by atoms with E-state index in [0.717, 1.165) is 0 Å². The van der Waals surface area contributed by atoms with Gasteiger partial charge in [-0.3, -0.25) is 9.80 Å². The van der Waals surface area contributed by atoms with Gasteiger partial charge in [-0.05, 0) is 131 Å². The van der Waals surface area contributed by atoms with Crippen molar-refractivity contribution in [3.8, 4) is 0 Å². The first-order valence-electron chi connectivity index (χ1n) is 13.8. The van der Waals surface area contributed by atoms with Crippen LogP contribution in [0.1, 0.15) is 121 Å². The summed E-state index contributed by atoms with van der Waals surface area (Å²) < 4.78 is 5.91. The number of piperidine rings is 2. The molecule has 0 radical (unpaired) electrons. The Kier molecular flexibility index (Phi) is 9.73. The van der Waals surface area contributed by atoms with E-state index in [1.807, 2.05) is 12.5 Å². The highest BCUT2D eigenvalue weighted by atomic mass is 16.5. The number of nitrogens with zero attached hydrogens (tertiary/aromatic N) is 2. The molecule has 0 aromatic rings. The maximum atomic E-state index is 5.91. The van der Waals surface area contributed by atoms with Gasteiger partial charge in [0.15, 0.2) is 0 Å². The largest absolute Gasteiger partial charge is 0.473 e. The lowest BCUT2D eigenvalue weighted by Gasteiger charge is -2.55. The summed E-state index contributed by atoms with van der Waals surface area (Å²) in [5, 5.41) is 0. The SMILES string of the molecule is CCCCN1C(C)(C)CC(C=COC=CC2CC(C)(C)N(CCCC)C(C)(C)C2)CC1(C)C. The summed E-state index contributed by atoms with van der Waals surface area (Å²) in [5.41, 5.74) is 0.907. The number of ether oxygens (including phenoxy) is 1. The lowest BCUT2D eigenvalue weighted by atomic mass is 9.73. The lowest BCUT2D eigenvalue weighted by Crippen LogP contribution is -2.60. The second-order valence-electron chi connectivity index (χ2n) is 13.4. The molecule has 0 saturated carbocycles. The molecule has 2 fully saturated rings. The Balaban J connectivity index is 1.92. The highest BCUT2D eigenvalue weighted by Gasteiger charge is 2.45. The number of unbranched alkanes of at least 4 members (excludes halogenated alkanes) is 2. The van der Waals surface area contributed by atoms with Gasteiger partial charge >= 0.3 is 0 Å². The van der Waals surface area contributed by atoms with E-state index in [4.69, 9.17) is 4.74 Å². The highest BCUT2D eigenvalue weighted by Crippen LogP contribution is 2.43. The maximum Gasteiger partial charge on any atom is 0.0864 e.